The van der Waals surface area contributed by atoms with Crippen LogP contribution in [0.5, 0.6) is 0 Å². The van der Waals surface area contributed by atoms with E-state index in [1.54, 1.807) is 30.3 Å². The van der Waals surface area contributed by atoms with Crippen molar-refractivity contribution in [3.63, 3.8) is 0 Å². The lowest BCUT2D eigenvalue weighted by atomic mass is 10.1. The molecule has 0 radical (unpaired) electrons. The molecule has 0 aliphatic rings. The first-order valence-electron chi connectivity index (χ1n) is 6.07. The third kappa shape index (κ3) is 3.98. The number of Topliss-reactive ketones (excluding diaryl/α,β-unsaturated/α-hetero) is 1. The van der Waals surface area contributed by atoms with Crippen molar-refractivity contribution in [1.29, 1.82) is 0 Å². The van der Waals surface area contributed by atoms with Crippen molar-refractivity contribution in [2.45, 2.75) is 0 Å². The van der Waals surface area contributed by atoms with Gasteiger partial charge >= 0.3 is 27.2 Å². The van der Waals surface area contributed by atoms with Gasteiger partial charge in [0.25, 0.3) is 0 Å². The summed E-state index contributed by atoms with van der Waals surface area (Å²) in [6.07, 6.45) is 0.315. The Morgan fingerprint density at radius 1 is 1.00 bits per heavy atom. The van der Waals surface area contributed by atoms with Crippen molar-refractivity contribution in [3.05, 3.63) is 66.8 Å². The van der Waals surface area contributed by atoms with E-state index in [-0.39, 0.29) is 5.97 Å². The lowest BCUT2D eigenvalue weighted by Crippen LogP contribution is -3.61. The Kier molecular flexibility index (Phi) is 5.21. The van der Waals surface area contributed by atoms with Gasteiger partial charge in [0.2, 0.25) is 5.78 Å². The number of rotatable bonds is 5. The molecule has 0 aromatic heterocycles. The SMILES string of the molecule is COC(=O)c1cccc([I+]c2cccc(C(=O)C=O)c2)c1. The molecule has 0 amide bonds. The Hall–Kier alpha value is -2.02. The highest BCUT2D eigenvalue weighted by atomic mass is 127. The average Bonchev–Trinajstić information content (AvgIpc) is 2.53. The summed E-state index contributed by atoms with van der Waals surface area (Å²) in [4.78, 5) is 33.4. The lowest BCUT2D eigenvalue weighted by molar-refractivity contribution is -0.597. The third-order valence-corrected chi connectivity index (χ3v) is 5.27. The molecule has 0 saturated heterocycles. The van der Waals surface area contributed by atoms with E-state index >= 15 is 0 Å². The number of hydrogen-bond acceptors (Lipinski definition) is 4. The molecule has 2 aromatic rings. The van der Waals surface area contributed by atoms with E-state index < -0.39 is 27.0 Å². The molecule has 5 heteroatoms. The van der Waals surface area contributed by atoms with Gasteiger partial charge in [-0.25, -0.2) is 4.79 Å². The van der Waals surface area contributed by atoms with Crippen molar-refractivity contribution in [2.75, 3.05) is 7.11 Å². The van der Waals surface area contributed by atoms with Crippen LogP contribution in [0.4, 0.5) is 0 Å². The van der Waals surface area contributed by atoms with E-state index in [0.717, 1.165) is 7.14 Å². The van der Waals surface area contributed by atoms with Crippen molar-refractivity contribution in [3.8, 4) is 0 Å². The molecule has 0 N–H and O–H groups in total. The van der Waals surface area contributed by atoms with Gasteiger partial charge in [-0.05, 0) is 18.2 Å². The van der Waals surface area contributed by atoms with E-state index in [9.17, 15) is 14.4 Å². The van der Waals surface area contributed by atoms with Crippen LogP contribution in [0.1, 0.15) is 20.7 Å². The second-order valence-electron chi connectivity index (χ2n) is 4.09. The first-order valence-corrected chi connectivity index (χ1v) is 8.22. The van der Waals surface area contributed by atoms with Crippen LogP contribution in [0.25, 0.3) is 0 Å². The minimum Gasteiger partial charge on any atom is -0.465 e. The van der Waals surface area contributed by atoms with E-state index in [0.29, 0.717) is 17.4 Å². The molecule has 0 aliphatic heterocycles. The molecule has 106 valence electrons. The van der Waals surface area contributed by atoms with Crippen molar-refractivity contribution in [1.82, 2.24) is 0 Å². The second kappa shape index (κ2) is 7.12. The Morgan fingerprint density at radius 2 is 1.57 bits per heavy atom. The highest BCUT2D eigenvalue weighted by molar-refractivity contribution is 6.33. The number of carbonyl (C=O) groups excluding carboxylic acids is 3. The van der Waals surface area contributed by atoms with Crippen LogP contribution in [0, 0.1) is 7.14 Å². The van der Waals surface area contributed by atoms with E-state index in [1.165, 1.54) is 7.11 Å². The molecule has 4 nitrogen and oxygen atoms in total. The van der Waals surface area contributed by atoms with Gasteiger partial charge in [-0.15, -0.1) is 0 Å². The van der Waals surface area contributed by atoms with Crippen LogP contribution < -0.4 is 21.2 Å². The summed E-state index contributed by atoms with van der Waals surface area (Å²) in [5.74, 6) is -0.894. The molecule has 0 fully saturated rings. The number of aldehydes is 1. The van der Waals surface area contributed by atoms with Gasteiger partial charge in [0.1, 0.15) is 0 Å². The maximum atomic E-state index is 11.5. The normalized spacial score (nSPS) is 9.95. The highest BCUT2D eigenvalue weighted by Crippen LogP contribution is 2.01. The second-order valence-corrected chi connectivity index (χ2v) is 7.12. The van der Waals surface area contributed by atoms with Gasteiger partial charge in [0.05, 0.1) is 12.7 Å². The Balaban J connectivity index is 2.24. The molecule has 0 unspecified atom stereocenters. The van der Waals surface area contributed by atoms with Gasteiger partial charge in [-0.1, -0.05) is 18.2 Å². The number of esters is 1. The van der Waals surface area contributed by atoms with Crippen molar-refractivity contribution < 1.29 is 40.3 Å². The van der Waals surface area contributed by atoms with E-state index in [4.69, 9.17) is 4.74 Å². The average molecular weight is 395 g/mol. The van der Waals surface area contributed by atoms with Crippen LogP contribution in [-0.2, 0) is 9.53 Å². The maximum Gasteiger partial charge on any atom is 0.357 e. The molecular weight excluding hydrogens is 383 g/mol. The molecule has 0 atom stereocenters. The molecular formula is C16H12IO4+. The number of halogens is 1. The number of benzene rings is 2. The summed E-state index contributed by atoms with van der Waals surface area (Å²) in [5.41, 5.74) is 0.904. The van der Waals surface area contributed by atoms with E-state index in [2.05, 4.69) is 0 Å². The van der Waals surface area contributed by atoms with Gasteiger partial charge in [-0.3, -0.25) is 9.59 Å². The van der Waals surface area contributed by atoms with Crippen LogP contribution in [-0.4, -0.2) is 25.1 Å². The summed E-state index contributed by atoms with van der Waals surface area (Å²) >= 11 is -0.542. The zero-order valence-electron chi connectivity index (χ0n) is 11.2. The molecule has 0 aliphatic carbocycles. The predicted molar refractivity (Wildman–Crippen MR) is 72.0 cm³/mol. The van der Waals surface area contributed by atoms with Gasteiger partial charge in [-0.2, -0.15) is 0 Å². The fourth-order valence-corrected chi connectivity index (χ4v) is 4.16. The Labute approximate surface area is 132 Å². The van der Waals surface area contributed by atoms with Gasteiger partial charge in [0, 0.05) is 17.7 Å². The molecule has 0 bridgehead atoms. The van der Waals surface area contributed by atoms with Crippen LogP contribution in [0.3, 0.4) is 0 Å². The number of hydrogen-bond donors (Lipinski definition) is 0. The van der Waals surface area contributed by atoms with E-state index in [1.807, 2.05) is 18.2 Å². The maximum absolute atomic E-state index is 11.5. The topological polar surface area (TPSA) is 60.4 Å². The monoisotopic (exact) mass is 395 g/mol. The quantitative estimate of drug-likeness (QED) is 0.214. The standard InChI is InChI=1S/C16H12IO4/c1-21-16(20)12-5-3-7-14(9-12)17-13-6-2-4-11(8-13)15(19)10-18/h2-10H,1H3/q+1. The lowest BCUT2D eigenvalue weighted by Gasteiger charge is -1.97. The molecule has 0 spiro atoms. The van der Waals surface area contributed by atoms with Gasteiger partial charge < -0.3 is 4.74 Å². The number of methoxy groups -OCH3 is 1. The molecule has 2 rings (SSSR count). The first-order chi connectivity index (χ1) is 10.1. The fraction of sp³-hybridized carbons (Fsp3) is 0.0625. The van der Waals surface area contributed by atoms with Crippen LogP contribution >= 0.6 is 0 Å². The third-order valence-electron chi connectivity index (χ3n) is 2.68. The summed E-state index contributed by atoms with van der Waals surface area (Å²) < 4.78 is 6.73. The Morgan fingerprint density at radius 3 is 2.14 bits per heavy atom. The highest BCUT2D eigenvalue weighted by Gasteiger charge is 2.19. The zero-order valence-corrected chi connectivity index (χ0v) is 13.4. The summed E-state index contributed by atoms with van der Waals surface area (Å²) in [5, 5.41) is 0. The van der Waals surface area contributed by atoms with Crippen LogP contribution in [0.15, 0.2) is 48.5 Å². The summed E-state index contributed by atoms with van der Waals surface area (Å²) in [6.45, 7) is 0. The number of ketones is 1. The largest absolute Gasteiger partial charge is 0.465 e. The number of ether oxygens (including phenoxy) is 1. The fourth-order valence-electron chi connectivity index (χ4n) is 1.69. The minimum absolute atomic E-state index is 0.315. The summed E-state index contributed by atoms with van der Waals surface area (Å²) in [7, 11) is 1.35. The predicted octanol–water partition coefficient (Wildman–Crippen LogP) is -1.02. The van der Waals surface area contributed by atoms with Crippen molar-refractivity contribution >= 4 is 18.0 Å². The summed E-state index contributed by atoms with van der Waals surface area (Å²) in [6, 6.07) is 14.3. The molecule has 0 heterocycles. The minimum atomic E-state index is -0.542. The smallest absolute Gasteiger partial charge is 0.357 e. The van der Waals surface area contributed by atoms with Crippen molar-refractivity contribution in [2.24, 2.45) is 0 Å². The zero-order chi connectivity index (χ0) is 15.2. The Bertz CT molecular complexity index is 694. The molecule has 0 saturated carbocycles. The molecule has 21 heavy (non-hydrogen) atoms. The van der Waals surface area contributed by atoms with Crippen LogP contribution in [0.2, 0.25) is 0 Å². The first kappa shape index (κ1) is 15.4. The van der Waals surface area contributed by atoms with Gasteiger partial charge in [0.15, 0.2) is 13.4 Å². The molecule has 2 aromatic carbocycles. The number of carbonyl (C=O) groups is 3.